The monoisotopic (exact) mass is 286 g/mol. The Morgan fingerprint density at radius 2 is 1.75 bits per heavy atom. The molecule has 0 bridgehead atoms. The molecule has 0 aliphatic carbocycles. The molecule has 1 unspecified atom stereocenters. The second kappa shape index (κ2) is 7.55. The molecule has 2 nitrogen and oxygen atoms in total. The smallest absolute Gasteiger partial charge is 0.119 e. The zero-order valence-electron chi connectivity index (χ0n) is 9.91. The van der Waals surface area contributed by atoms with Gasteiger partial charge in [0.15, 0.2) is 0 Å². The lowest BCUT2D eigenvalue weighted by molar-refractivity contribution is 0.282. The molecule has 1 aromatic rings. The molecule has 0 saturated heterocycles. The van der Waals surface area contributed by atoms with E-state index in [0.717, 1.165) is 29.9 Å². The second-order valence-electron chi connectivity index (χ2n) is 3.90. The van der Waals surface area contributed by atoms with Crippen molar-refractivity contribution in [2.75, 3.05) is 19.0 Å². The van der Waals surface area contributed by atoms with E-state index in [0.29, 0.717) is 5.92 Å². The van der Waals surface area contributed by atoms with Crippen molar-refractivity contribution in [2.45, 2.75) is 19.8 Å². The second-order valence-corrected chi connectivity index (χ2v) is 4.69. The SMILES string of the molecule is COc1ccc(OCCC(C)CCBr)cc1. The van der Waals surface area contributed by atoms with Crippen LogP contribution in [-0.2, 0) is 0 Å². The average molecular weight is 287 g/mol. The molecule has 3 heteroatoms. The van der Waals surface area contributed by atoms with E-state index in [2.05, 4.69) is 22.9 Å². The Kier molecular flexibility index (Phi) is 6.31. The zero-order chi connectivity index (χ0) is 11.8. The van der Waals surface area contributed by atoms with Crippen molar-refractivity contribution < 1.29 is 9.47 Å². The first-order valence-electron chi connectivity index (χ1n) is 5.59. The molecule has 0 heterocycles. The molecule has 0 N–H and O–H groups in total. The predicted molar refractivity (Wildman–Crippen MR) is 70.7 cm³/mol. The molecule has 16 heavy (non-hydrogen) atoms. The first-order valence-corrected chi connectivity index (χ1v) is 6.71. The maximum Gasteiger partial charge on any atom is 0.119 e. The van der Waals surface area contributed by atoms with E-state index in [1.54, 1.807) is 7.11 Å². The quantitative estimate of drug-likeness (QED) is 0.708. The number of hydrogen-bond donors (Lipinski definition) is 0. The maximum atomic E-state index is 5.65. The summed E-state index contributed by atoms with van der Waals surface area (Å²) in [6, 6.07) is 7.70. The summed E-state index contributed by atoms with van der Waals surface area (Å²) >= 11 is 3.45. The fraction of sp³-hybridized carbons (Fsp3) is 0.538. The molecule has 0 fully saturated rings. The summed E-state index contributed by atoms with van der Waals surface area (Å²) in [5, 5.41) is 1.07. The van der Waals surface area contributed by atoms with Crippen LogP contribution < -0.4 is 9.47 Å². The van der Waals surface area contributed by atoms with Crippen molar-refractivity contribution in [1.29, 1.82) is 0 Å². The Morgan fingerprint density at radius 3 is 2.31 bits per heavy atom. The summed E-state index contributed by atoms with van der Waals surface area (Å²) in [6.07, 6.45) is 2.30. The van der Waals surface area contributed by atoms with Crippen LogP contribution in [0.5, 0.6) is 11.5 Å². The topological polar surface area (TPSA) is 18.5 Å². The lowest BCUT2D eigenvalue weighted by atomic mass is 10.1. The van der Waals surface area contributed by atoms with E-state index < -0.39 is 0 Å². The minimum atomic E-state index is 0.706. The van der Waals surface area contributed by atoms with Gasteiger partial charge in [0.25, 0.3) is 0 Å². The third-order valence-electron chi connectivity index (χ3n) is 2.54. The summed E-state index contributed by atoms with van der Waals surface area (Å²) in [5.74, 6) is 2.48. The Labute approximate surface area is 106 Å². The van der Waals surface area contributed by atoms with Gasteiger partial charge in [0, 0.05) is 5.33 Å². The van der Waals surface area contributed by atoms with E-state index in [-0.39, 0.29) is 0 Å². The van der Waals surface area contributed by atoms with Crippen LogP contribution in [0.4, 0.5) is 0 Å². The molecule has 0 aliphatic rings. The molecule has 1 atom stereocenters. The van der Waals surface area contributed by atoms with E-state index in [9.17, 15) is 0 Å². The van der Waals surface area contributed by atoms with Crippen molar-refractivity contribution in [2.24, 2.45) is 5.92 Å². The number of methoxy groups -OCH3 is 1. The van der Waals surface area contributed by atoms with Gasteiger partial charge in [-0.2, -0.15) is 0 Å². The van der Waals surface area contributed by atoms with Gasteiger partial charge < -0.3 is 9.47 Å². The first-order chi connectivity index (χ1) is 7.76. The van der Waals surface area contributed by atoms with Gasteiger partial charge in [-0.1, -0.05) is 22.9 Å². The summed E-state index contributed by atoms with van der Waals surface area (Å²) in [5.41, 5.74) is 0. The highest BCUT2D eigenvalue weighted by molar-refractivity contribution is 9.09. The molecule has 0 aliphatic heterocycles. The van der Waals surface area contributed by atoms with Crippen LogP contribution in [-0.4, -0.2) is 19.0 Å². The maximum absolute atomic E-state index is 5.65. The standard InChI is InChI=1S/C13H19BrO2/c1-11(7-9-14)8-10-16-13-5-3-12(15-2)4-6-13/h3-6,11H,7-10H2,1-2H3. The largest absolute Gasteiger partial charge is 0.497 e. The number of hydrogen-bond acceptors (Lipinski definition) is 2. The van der Waals surface area contributed by atoms with E-state index >= 15 is 0 Å². The van der Waals surface area contributed by atoms with Crippen LogP contribution in [0.25, 0.3) is 0 Å². The molecule has 90 valence electrons. The Hall–Kier alpha value is -0.700. The highest BCUT2D eigenvalue weighted by atomic mass is 79.9. The summed E-state index contributed by atoms with van der Waals surface area (Å²) in [6.45, 7) is 3.03. The Balaban J connectivity index is 2.26. The zero-order valence-corrected chi connectivity index (χ0v) is 11.5. The van der Waals surface area contributed by atoms with E-state index in [4.69, 9.17) is 9.47 Å². The number of rotatable bonds is 7. The molecule has 0 aromatic heterocycles. The van der Waals surface area contributed by atoms with Crippen LogP contribution in [0.15, 0.2) is 24.3 Å². The Morgan fingerprint density at radius 1 is 1.12 bits per heavy atom. The number of halogens is 1. The van der Waals surface area contributed by atoms with Crippen LogP contribution in [0.2, 0.25) is 0 Å². The lowest BCUT2D eigenvalue weighted by Crippen LogP contribution is -2.04. The van der Waals surface area contributed by atoms with Crippen molar-refractivity contribution in [3.63, 3.8) is 0 Å². The molecule has 1 aromatic carbocycles. The van der Waals surface area contributed by atoms with Crippen LogP contribution in [0, 0.1) is 5.92 Å². The molecule has 0 saturated carbocycles. The van der Waals surface area contributed by atoms with Crippen molar-refractivity contribution in [3.05, 3.63) is 24.3 Å². The fourth-order valence-electron chi connectivity index (χ4n) is 1.38. The van der Waals surface area contributed by atoms with Gasteiger partial charge in [-0.05, 0) is 43.0 Å². The van der Waals surface area contributed by atoms with Gasteiger partial charge >= 0.3 is 0 Å². The molecule has 0 amide bonds. The molecular formula is C13H19BrO2. The highest BCUT2D eigenvalue weighted by Crippen LogP contribution is 2.18. The lowest BCUT2D eigenvalue weighted by Gasteiger charge is -2.11. The fourth-order valence-corrected chi connectivity index (χ4v) is 2.16. The van der Waals surface area contributed by atoms with Crippen LogP contribution in [0.1, 0.15) is 19.8 Å². The van der Waals surface area contributed by atoms with Crippen molar-refractivity contribution >= 4 is 15.9 Å². The normalized spacial score (nSPS) is 12.2. The number of ether oxygens (including phenoxy) is 2. The van der Waals surface area contributed by atoms with E-state index in [1.807, 2.05) is 24.3 Å². The van der Waals surface area contributed by atoms with Gasteiger partial charge in [0.2, 0.25) is 0 Å². The Bertz CT molecular complexity index is 284. The summed E-state index contributed by atoms with van der Waals surface area (Å²) < 4.78 is 10.7. The third kappa shape index (κ3) is 4.88. The molecular weight excluding hydrogens is 268 g/mol. The van der Waals surface area contributed by atoms with Gasteiger partial charge in [0.05, 0.1) is 13.7 Å². The van der Waals surface area contributed by atoms with Gasteiger partial charge in [0.1, 0.15) is 11.5 Å². The predicted octanol–water partition coefficient (Wildman–Crippen LogP) is 3.89. The molecule has 1 rings (SSSR count). The summed E-state index contributed by atoms with van der Waals surface area (Å²) in [4.78, 5) is 0. The molecule has 0 spiro atoms. The molecule has 0 radical (unpaired) electrons. The van der Waals surface area contributed by atoms with E-state index in [1.165, 1.54) is 6.42 Å². The van der Waals surface area contributed by atoms with Crippen molar-refractivity contribution in [1.82, 2.24) is 0 Å². The third-order valence-corrected chi connectivity index (χ3v) is 3.00. The first kappa shape index (κ1) is 13.4. The van der Waals surface area contributed by atoms with Gasteiger partial charge in [-0.15, -0.1) is 0 Å². The minimum absolute atomic E-state index is 0.706. The average Bonchev–Trinajstić information content (AvgIpc) is 2.30. The number of benzene rings is 1. The van der Waals surface area contributed by atoms with Crippen LogP contribution >= 0.6 is 15.9 Å². The highest BCUT2D eigenvalue weighted by Gasteiger charge is 2.01. The van der Waals surface area contributed by atoms with Gasteiger partial charge in [-0.25, -0.2) is 0 Å². The minimum Gasteiger partial charge on any atom is -0.497 e. The summed E-state index contributed by atoms with van der Waals surface area (Å²) in [7, 11) is 1.66. The van der Waals surface area contributed by atoms with Crippen LogP contribution in [0.3, 0.4) is 0 Å². The van der Waals surface area contributed by atoms with Crippen molar-refractivity contribution in [3.8, 4) is 11.5 Å². The number of alkyl halides is 1. The van der Waals surface area contributed by atoms with Gasteiger partial charge in [-0.3, -0.25) is 0 Å².